The molecular formula is C18H13ClN4O2. The van der Waals surface area contributed by atoms with E-state index in [4.69, 9.17) is 16.3 Å². The van der Waals surface area contributed by atoms with Gasteiger partial charge in [-0.15, -0.1) is 0 Å². The topological polar surface area (TPSA) is 69.0 Å². The Kier molecular flexibility index (Phi) is 3.95. The number of carbonyl (C=O) groups excluding carboxylic acids is 1. The van der Waals surface area contributed by atoms with Crippen molar-refractivity contribution in [3.05, 3.63) is 65.8 Å². The number of imidazole rings is 1. The zero-order valence-corrected chi connectivity index (χ0v) is 13.8. The van der Waals surface area contributed by atoms with Crippen molar-refractivity contribution in [3.63, 3.8) is 0 Å². The third kappa shape index (κ3) is 3.12. The number of nitrogens with zero attached hydrogens (tertiary/aromatic N) is 3. The first kappa shape index (κ1) is 15.4. The van der Waals surface area contributed by atoms with Gasteiger partial charge in [0.25, 0.3) is 5.91 Å². The highest BCUT2D eigenvalue weighted by atomic mass is 35.5. The maximum atomic E-state index is 12.2. The maximum absolute atomic E-state index is 12.2. The number of para-hydroxylation sites is 1. The van der Waals surface area contributed by atoms with Crippen molar-refractivity contribution in [2.24, 2.45) is 0 Å². The predicted molar refractivity (Wildman–Crippen MR) is 96.5 cm³/mol. The molecule has 1 amide bonds. The summed E-state index contributed by atoms with van der Waals surface area (Å²) >= 11 is 5.99. The summed E-state index contributed by atoms with van der Waals surface area (Å²) in [6.07, 6.45) is 5.70. The molecule has 1 aromatic carbocycles. The lowest BCUT2D eigenvalue weighted by molar-refractivity contribution is -0.118. The molecule has 0 bridgehead atoms. The quantitative estimate of drug-likeness (QED) is 0.713. The summed E-state index contributed by atoms with van der Waals surface area (Å²) in [5.74, 6) is 0.696. The zero-order valence-electron chi connectivity index (χ0n) is 13.0. The molecule has 2 heterocycles. The number of nitrogens with one attached hydrogen (secondary N) is 1. The highest BCUT2D eigenvalue weighted by molar-refractivity contribution is 6.29. The molecule has 0 atom stereocenters. The van der Waals surface area contributed by atoms with E-state index in [0.717, 1.165) is 5.70 Å². The van der Waals surface area contributed by atoms with Crippen molar-refractivity contribution >= 4 is 40.3 Å². The van der Waals surface area contributed by atoms with Gasteiger partial charge in [0.1, 0.15) is 16.4 Å². The van der Waals surface area contributed by atoms with Gasteiger partial charge in [0.2, 0.25) is 5.95 Å². The Hall–Kier alpha value is -3.12. The summed E-state index contributed by atoms with van der Waals surface area (Å²) in [6, 6.07) is 12.6. The second kappa shape index (κ2) is 6.41. The average Bonchev–Trinajstić information content (AvgIpc) is 2.90. The highest BCUT2D eigenvalue weighted by Crippen LogP contribution is 2.27. The van der Waals surface area contributed by atoms with Crippen LogP contribution in [0, 0.1) is 0 Å². The van der Waals surface area contributed by atoms with Gasteiger partial charge in [-0.25, -0.2) is 9.97 Å². The van der Waals surface area contributed by atoms with Crippen molar-refractivity contribution in [2.75, 3.05) is 11.9 Å². The fraction of sp³-hybridized carbons (Fsp3) is 0.0556. The van der Waals surface area contributed by atoms with E-state index in [1.165, 1.54) is 0 Å². The zero-order chi connectivity index (χ0) is 17.2. The first-order valence-electron chi connectivity index (χ1n) is 7.62. The first-order valence-corrected chi connectivity index (χ1v) is 8.00. The third-order valence-corrected chi connectivity index (χ3v) is 3.84. The van der Waals surface area contributed by atoms with Gasteiger partial charge in [-0.3, -0.25) is 14.7 Å². The summed E-state index contributed by atoms with van der Waals surface area (Å²) < 4.78 is 7.21. The molecule has 6 nitrogen and oxygen atoms in total. The number of allylic oxidation sites excluding steroid dienone is 4. The number of carbonyl (C=O) groups is 1. The van der Waals surface area contributed by atoms with Gasteiger partial charge >= 0.3 is 0 Å². The number of anilines is 1. The summed E-state index contributed by atoms with van der Waals surface area (Å²) in [5.41, 5.74) is 2.10. The molecule has 1 N–H and O–H groups in total. The molecule has 3 aromatic rings. The number of rotatable bonds is 5. The van der Waals surface area contributed by atoms with E-state index >= 15 is 0 Å². The number of amides is 1. The van der Waals surface area contributed by atoms with Crippen molar-refractivity contribution in [2.45, 2.75) is 0 Å². The lowest BCUT2D eigenvalue weighted by Crippen LogP contribution is -2.22. The van der Waals surface area contributed by atoms with Gasteiger partial charge in [-0.05, 0) is 36.4 Å². The van der Waals surface area contributed by atoms with Crippen LogP contribution in [0.25, 0.3) is 16.9 Å². The smallest absolute Gasteiger partial charge is 0.264 e. The summed E-state index contributed by atoms with van der Waals surface area (Å²) in [6.45, 7) is -0.115. The minimum atomic E-state index is -0.310. The van der Waals surface area contributed by atoms with Crippen molar-refractivity contribution in [1.29, 1.82) is 0 Å². The van der Waals surface area contributed by atoms with E-state index in [2.05, 4.69) is 15.3 Å². The summed E-state index contributed by atoms with van der Waals surface area (Å²) in [5, 5.41) is 3.13. The van der Waals surface area contributed by atoms with E-state index in [0.29, 0.717) is 28.0 Å². The lowest BCUT2D eigenvalue weighted by atomic mass is 10.2. The number of halogens is 1. The minimum absolute atomic E-state index is 0.115. The number of benzene rings is 1. The molecule has 2 aromatic heterocycles. The first-order chi connectivity index (χ1) is 12.2. The van der Waals surface area contributed by atoms with E-state index < -0.39 is 0 Å². The summed E-state index contributed by atoms with van der Waals surface area (Å²) in [4.78, 5) is 21.0. The van der Waals surface area contributed by atoms with Crippen LogP contribution in [0.4, 0.5) is 5.95 Å². The molecule has 7 heteroatoms. The monoisotopic (exact) mass is 352 g/mol. The molecule has 0 aliphatic heterocycles. The molecule has 0 radical (unpaired) electrons. The number of ether oxygens (including phenoxy) is 1. The molecule has 1 aliphatic carbocycles. The van der Waals surface area contributed by atoms with Gasteiger partial charge in [0, 0.05) is 0 Å². The number of aromatic nitrogens is 3. The van der Waals surface area contributed by atoms with E-state index in [1.54, 1.807) is 28.8 Å². The Balaban J connectivity index is 1.57. The van der Waals surface area contributed by atoms with Gasteiger partial charge < -0.3 is 4.74 Å². The van der Waals surface area contributed by atoms with Gasteiger partial charge in [0.05, 0.1) is 5.70 Å². The Morgan fingerprint density at radius 1 is 1.16 bits per heavy atom. The fourth-order valence-electron chi connectivity index (χ4n) is 2.42. The molecule has 0 spiro atoms. The van der Waals surface area contributed by atoms with Crippen LogP contribution in [0.1, 0.15) is 0 Å². The number of hydrogen-bond donors (Lipinski definition) is 1. The molecule has 0 saturated carbocycles. The van der Waals surface area contributed by atoms with Crippen LogP contribution < -0.4 is 10.1 Å². The van der Waals surface area contributed by atoms with Crippen LogP contribution in [0.3, 0.4) is 0 Å². The van der Waals surface area contributed by atoms with Crippen LogP contribution >= 0.6 is 11.6 Å². The predicted octanol–water partition coefficient (Wildman–Crippen LogP) is 3.51. The normalized spacial score (nSPS) is 12.6. The Morgan fingerprint density at radius 3 is 2.68 bits per heavy atom. The number of fused-ring (bicyclic) bond motifs is 1. The number of pyridine rings is 1. The third-order valence-electron chi connectivity index (χ3n) is 3.63. The Labute approximate surface area is 148 Å². The van der Waals surface area contributed by atoms with Gasteiger partial charge in [0.15, 0.2) is 12.3 Å². The Bertz CT molecular complexity index is 1010. The molecule has 0 saturated heterocycles. The largest absolute Gasteiger partial charge is 0.484 e. The Morgan fingerprint density at radius 2 is 1.96 bits per heavy atom. The molecule has 4 rings (SSSR count). The standard InChI is InChI=1S/C18H13ClN4O2/c19-15-10-9-14-17(21-15)23(12-5-4-6-12)18(20-14)22-16(24)11-25-13-7-2-1-3-8-13/h1-10H,11H2,(H,20,22,24). The molecule has 0 fully saturated rings. The van der Waals surface area contributed by atoms with Gasteiger partial charge in [-0.2, -0.15) is 0 Å². The molecule has 25 heavy (non-hydrogen) atoms. The van der Waals surface area contributed by atoms with Crippen molar-refractivity contribution < 1.29 is 9.53 Å². The highest BCUT2D eigenvalue weighted by Gasteiger charge is 2.18. The van der Waals surface area contributed by atoms with Crippen LogP contribution in [0.5, 0.6) is 5.75 Å². The van der Waals surface area contributed by atoms with Gasteiger partial charge in [-0.1, -0.05) is 35.9 Å². The second-order valence-electron chi connectivity index (χ2n) is 5.35. The van der Waals surface area contributed by atoms with E-state index in [9.17, 15) is 4.79 Å². The maximum Gasteiger partial charge on any atom is 0.264 e. The van der Waals surface area contributed by atoms with Crippen LogP contribution in [0.2, 0.25) is 5.15 Å². The lowest BCUT2D eigenvalue weighted by Gasteiger charge is -2.13. The second-order valence-corrected chi connectivity index (χ2v) is 5.74. The average molecular weight is 353 g/mol. The molecule has 1 aliphatic rings. The minimum Gasteiger partial charge on any atom is -0.484 e. The van der Waals surface area contributed by atoms with Crippen LogP contribution in [-0.4, -0.2) is 27.0 Å². The number of hydrogen-bond acceptors (Lipinski definition) is 4. The van der Waals surface area contributed by atoms with Crippen molar-refractivity contribution in [3.8, 4) is 5.75 Å². The fourth-order valence-corrected chi connectivity index (χ4v) is 2.56. The van der Waals surface area contributed by atoms with Crippen molar-refractivity contribution in [1.82, 2.24) is 14.5 Å². The molecule has 124 valence electrons. The SMILES string of the molecule is O=C(COc1ccccc1)Nc1nc2ccc(Cl)nc2n1C1=CC=C1. The van der Waals surface area contributed by atoms with Crippen LogP contribution in [0.15, 0.2) is 60.7 Å². The van der Waals surface area contributed by atoms with E-state index in [-0.39, 0.29) is 12.5 Å². The van der Waals surface area contributed by atoms with E-state index in [1.807, 2.05) is 36.4 Å². The molecular weight excluding hydrogens is 340 g/mol. The van der Waals surface area contributed by atoms with Crippen LogP contribution in [-0.2, 0) is 4.79 Å². The molecule has 0 unspecified atom stereocenters. The summed E-state index contributed by atoms with van der Waals surface area (Å²) in [7, 11) is 0.